The first-order chi connectivity index (χ1) is 11.5. The van der Waals surface area contributed by atoms with Crippen molar-refractivity contribution in [2.75, 3.05) is 5.32 Å². The molecule has 1 N–H and O–H groups in total. The molecule has 0 saturated carbocycles. The Kier molecular flexibility index (Phi) is 4.16. The topological polar surface area (TPSA) is 51.1 Å². The van der Waals surface area contributed by atoms with E-state index < -0.39 is 5.82 Å². The van der Waals surface area contributed by atoms with Gasteiger partial charge in [0.05, 0.1) is 0 Å². The summed E-state index contributed by atoms with van der Waals surface area (Å²) in [6.07, 6.45) is 2.24. The van der Waals surface area contributed by atoms with Gasteiger partial charge >= 0.3 is 0 Å². The number of rotatable bonds is 4. The van der Waals surface area contributed by atoms with E-state index in [1.807, 2.05) is 32.0 Å². The van der Waals surface area contributed by atoms with E-state index in [0.717, 1.165) is 16.8 Å². The van der Waals surface area contributed by atoms with Gasteiger partial charge in [0, 0.05) is 28.4 Å². The Morgan fingerprint density at radius 2 is 2.00 bits per heavy atom. The summed E-state index contributed by atoms with van der Waals surface area (Å²) >= 11 is 0. The maximum Gasteiger partial charge on any atom is 0.244 e. The molecule has 0 aliphatic heterocycles. The Morgan fingerprint density at radius 1 is 1.21 bits per heavy atom. The van der Waals surface area contributed by atoms with E-state index >= 15 is 0 Å². The maximum atomic E-state index is 13.4. The first-order valence-electron chi connectivity index (χ1n) is 7.58. The molecular weight excluding hydrogens is 307 g/mol. The van der Waals surface area contributed by atoms with Crippen molar-refractivity contribution in [2.24, 2.45) is 0 Å². The lowest BCUT2D eigenvalue weighted by atomic mass is 10.1. The number of nitrogens with zero attached hydrogens (tertiary/aromatic N) is 1. The van der Waals surface area contributed by atoms with Crippen LogP contribution in [-0.2, 0) is 11.3 Å². The average molecular weight is 324 g/mol. The van der Waals surface area contributed by atoms with Crippen molar-refractivity contribution in [3.05, 3.63) is 65.1 Å². The van der Waals surface area contributed by atoms with Crippen molar-refractivity contribution in [1.29, 1.82) is 0 Å². The monoisotopic (exact) mass is 324 g/mol. The third kappa shape index (κ3) is 3.06. The first kappa shape index (κ1) is 15.9. The number of carbonyl (C=O) groups is 2. The number of nitrogens with one attached hydrogen (secondary N) is 1. The fourth-order valence-electron chi connectivity index (χ4n) is 2.82. The van der Waals surface area contributed by atoms with Gasteiger partial charge in [-0.25, -0.2) is 4.39 Å². The molecule has 0 spiro atoms. The minimum atomic E-state index is -0.414. The normalized spacial score (nSPS) is 10.8. The Morgan fingerprint density at radius 3 is 2.71 bits per heavy atom. The summed E-state index contributed by atoms with van der Waals surface area (Å²) in [5, 5.41) is 3.37. The summed E-state index contributed by atoms with van der Waals surface area (Å²) in [6.45, 7) is 3.97. The number of amides is 1. The van der Waals surface area contributed by atoms with Crippen LogP contribution >= 0.6 is 0 Å². The van der Waals surface area contributed by atoms with Crippen molar-refractivity contribution in [1.82, 2.24) is 4.57 Å². The van der Waals surface area contributed by atoms with Crippen LogP contribution in [0.5, 0.6) is 0 Å². The van der Waals surface area contributed by atoms with Crippen molar-refractivity contribution in [2.45, 2.75) is 20.4 Å². The van der Waals surface area contributed by atoms with E-state index in [0.29, 0.717) is 22.8 Å². The standard InChI is InChI=1S/C19H17FN2O2/c1-12-3-5-17(13(2)7-12)21-19(24)10-22-9-14(11-23)16-8-15(20)4-6-18(16)22/h3-9,11H,10H2,1-2H3,(H,21,24). The molecular formula is C19H17FN2O2. The summed E-state index contributed by atoms with van der Waals surface area (Å²) in [5.41, 5.74) is 3.87. The summed E-state index contributed by atoms with van der Waals surface area (Å²) in [6, 6.07) is 9.98. The molecule has 0 aliphatic rings. The highest BCUT2D eigenvalue weighted by Crippen LogP contribution is 2.22. The predicted octanol–water partition coefficient (Wildman–Crippen LogP) is 3.85. The van der Waals surface area contributed by atoms with Gasteiger partial charge < -0.3 is 9.88 Å². The zero-order valence-corrected chi connectivity index (χ0v) is 13.5. The van der Waals surface area contributed by atoms with E-state index in [1.54, 1.807) is 16.8 Å². The predicted molar refractivity (Wildman–Crippen MR) is 91.8 cm³/mol. The first-order valence-corrected chi connectivity index (χ1v) is 7.58. The van der Waals surface area contributed by atoms with Crippen LogP contribution in [0.2, 0.25) is 0 Å². The number of halogens is 1. The summed E-state index contributed by atoms with van der Waals surface area (Å²) in [7, 11) is 0. The van der Waals surface area contributed by atoms with Crippen molar-refractivity contribution in [3.63, 3.8) is 0 Å². The average Bonchev–Trinajstić information content (AvgIpc) is 2.87. The van der Waals surface area contributed by atoms with Gasteiger partial charge in [0.15, 0.2) is 6.29 Å². The number of aldehydes is 1. The molecule has 0 atom stereocenters. The zero-order chi connectivity index (χ0) is 17.3. The van der Waals surface area contributed by atoms with Crippen LogP contribution in [0.1, 0.15) is 21.5 Å². The number of carbonyl (C=O) groups excluding carboxylic acids is 2. The highest BCUT2D eigenvalue weighted by molar-refractivity contribution is 5.99. The van der Waals surface area contributed by atoms with Gasteiger partial charge in [-0.05, 0) is 43.7 Å². The van der Waals surface area contributed by atoms with Gasteiger partial charge in [-0.2, -0.15) is 0 Å². The molecule has 0 bridgehead atoms. The largest absolute Gasteiger partial charge is 0.337 e. The lowest BCUT2D eigenvalue weighted by Gasteiger charge is -2.10. The van der Waals surface area contributed by atoms with Crippen molar-refractivity contribution >= 4 is 28.8 Å². The molecule has 1 amide bonds. The highest BCUT2D eigenvalue weighted by atomic mass is 19.1. The van der Waals surface area contributed by atoms with Gasteiger partial charge in [0.2, 0.25) is 5.91 Å². The minimum Gasteiger partial charge on any atom is -0.337 e. The third-order valence-corrected chi connectivity index (χ3v) is 3.97. The van der Waals surface area contributed by atoms with Crippen LogP contribution in [0.25, 0.3) is 10.9 Å². The quantitative estimate of drug-likeness (QED) is 0.741. The van der Waals surface area contributed by atoms with Gasteiger partial charge in [0.1, 0.15) is 12.4 Å². The van der Waals surface area contributed by atoms with Crippen LogP contribution in [0.3, 0.4) is 0 Å². The fraction of sp³-hybridized carbons (Fsp3) is 0.158. The molecule has 0 radical (unpaired) electrons. The van der Waals surface area contributed by atoms with Crippen molar-refractivity contribution in [3.8, 4) is 0 Å². The number of aryl methyl sites for hydroxylation is 2. The number of fused-ring (bicyclic) bond motifs is 1. The number of benzene rings is 2. The lowest BCUT2D eigenvalue weighted by molar-refractivity contribution is -0.116. The minimum absolute atomic E-state index is 0.0449. The number of hydrogen-bond donors (Lipinski definition) is 1. The lowest BCUT2D eigenvalue weighted by Crippen LogP contribution is -2.18. The smallest absolute Gasteiger partial charge is 0.244 e. The van der Waals surface area contributed by atoms with Crippen LogP contribution < -0.4 is 5.32 Å². The summed E-state index contributed by atoms with van der Waals surface area (Å²) in [4.78, 5) is 23.5. The van der Waals surface area contributed by atoms with E-state index in [4.69, 9.17) is 0 Å². The number of aromatic nitrogens is 1. The number of hydrogen-bond acceptors (Lipinski definition) is 2. The Bertz CT molecular complexity index is 944. The maximum absolute atomic E-state index is 13.4. The third-order valence-electron chi connectivity index (χ3n) is 3.97. The fourth-order valence-corrected chi connectivity index (χ4v) is 2.82. The second kappa shape index (κ2) is 6.28. The Labute approximate surface area is 138 Å². The highest BCUT2D eigenvalue weighted by Gasteiger charge is 2.12. The van der Waals surface area contributed by atoms with E-state index in [2.05, 4.69) is 5.32 Å². The molecule has 3 aromatic rings. The van der Waals surface area contributed by atoms with Gasteiger partial charge in [-0.15, -0.1) is 0 Å². The molecule has 3 rings (SSSR count). The molecule has 1 heterocycles. The van der Waals surface area contributed by atoms with Crippen molar-refractivity contribution < 1.29 is 14.0 Å². The van der Waals surface area contributed by atoms with Gasteiger partial charge in [-0.1, -0.05) is 17.7 Å². The van der Waals surface area contributed by atoms with E-state index in [9.17, 15) is 14.0 Å². The van der Waals surface area contributed by atoms with Crippen LogP contribution in [-0.4, -0.2) is 16.8 Å². The molecule has 0 saturated heterocycles. The summed E-state index contributed by atoms with van der Waals surface area (Å²) in [5.74, 6) is -0.622. The van der Waals surface area contributed by atoms with Crippen LogP contribution in [0.15, 0.2) is 42.6 Å². The Balaban J connectivity index is 1.86. The van der Waals surface area contributed by atoms with Gasteiger partial charge in [0.25, 0.3) is 0 Å². The molecule has 24 heavy (non-hydrogen) atoms. The molecule has 122 valence electrons. The van der Waals surface area contributed by atoms with Gasteiger partial charge in [-0.3, -0.25) is 9.59 Å². The molecule has 0 fully saturated rings. The molecule has 2 aromatic carbocycles. The number of anilines is 1. The molecule has 5 heteroatoms. The molecule has 0 unspecified atom stereocenters. The second-order valence-corrected chi connectivity index (χ2v) is 5.86. The zero-order valence-electron chi connectivity index (χ0n) is 13.5. The summed E-state index contributed by atoms with van der Waals surface area (Å²) < 4.78 is 15.0. The van der Waals surface area contributed by atoms with E-state index in [1.165, 1.54) is 12.1 Å². The van der Waals surface area contributed by atoms with E-state index in [-0.39, 0.29) is 12.5 Å². The molecule has 1 aromatic heterocycles. The van der Waals surface area contributed by atoms with Crippen LogP contribution in [0, 0.1) is 19.7 Å². The Hall–Kier alpha value is -2.95. The molecule has 0 aliphatic carbocycles. The SMILES string of the molecule is Cc1ccc(NC(=O)Cn2cc(C=O)c3cc(F)ccc32)c(C)c1. The second-order valence-electron chi connectivity index (χ2n) is 5.86. The molecule has 4 nitrogen and oxygen atoms in total. The van der Waals surface area contributed by atoms with Crippen LogP contribution in [0.4, 0.5) is 10.1 Å².